The van der Waals surface area contributed by atoms with Crippen molar-refractivity contribution >= 4 is 60.3 Å². The van der Waals surface area contributed by atoms with Crippen molar-refractivity contribution in [2.75, 3.05) is 32.3 Å². The number of nitrogens with zero attached hydrogens (tertiary/aromatic N) is 2. The Kier molecular flexibility index (Phi) is 8.51. The quantitative estimate of drug-likeness (QED) is 0.222. The summed E-state index contributed by atoms with van der Waals surface area (Å²) < 4.78 is 59.0. The predicted molar refractivity (Wildman–Crippen MR) is 178 cm³/mol. The zero-order chi connectivity index (χ0) is 31.8. The Hall–Kier alpha value is -4.06. The van der Waals surface area contributed by atoms with Crippen molar-refractivity contribution in [2.45, 2.75) is 48.4 Å². The lowest BCUT2D eigenvalue weighted by molar-refractivity contribution is 0.102. The van der Waals surface area contributed by atoms with Gasteiger partial charge in [-0.1, -0.05) is 48.0 Å². The van der Waals surface area contributed by atoms with Crippen LogP contribution in [-0.4, -0.2) is 41.9 Å². The van der Waals surface area contributed by atoms with Crippen molar-refractivity contribution in [3.05, 3.63) is 107 Å². The Bertz CT molecular complexity index is 1980. The van der Waals surface area contributed by atoms with E-state index in [0.717, 1.165) is 24.8 Å². The molecule has 2 aliphatic heterocycles. The molecule has 0 aliphatic carbocycles. The molecule has 0 bridgehead atoms. The Morgan fingerprint density at radius 1 is 0.822 bits per heavy atom. The molecule has 0 spiro atoms. The third kappa shape index (κ3) is 6.25. The first kappa shape index (κ1) is 30.9. The molecule has 1 amide bonds. The second kappa shape index (κ2) is 12.4. The summed E-state index contributed by atoms with van der Waals surface area (Å²) in [7, 11) is -8.07. The van der Waals surface area contributed by atoms with E-state index in [9.17, 15) is 21.6 Å². The monoisotopic (exact) mass is 664 g/mol. The zero-order valence-electron chi connectivity index (χ0n) is 24.6. The van der Waals surface area contributed by atoms with Crippen LogP contribution in [0.25, 0.3) is 0 Å². The first-order valence-electron chi connectivity index (χ1n) is 14.7. The van der Waals surface area contributed by atoms with Gasteiger partial charge in [0.2, 0.25) is 0 Å². The zero-order valence-corrected chi connectivity index (χ0v) is 27.0. The summed E-state index contributed by atoms with van der Waals surface area (Å²) >= 11 is 6.25. The lowest BCUT2D eigenvalue weighted by Crippen LogP contribution is -2.35. The Labute approximate surface area is 268 Å². The maximum atomic E-state index is 13.8. The third-order valence-corrected chi connectivity index (χ3v) is 11.8. The number of sulfonamides is 2. The predicted octanol–water partition coefficient (Wildman–Crippen LogP) is 6.52. The highest BCUT2D eigenvalue weighted by atomic mass is 35.5. The van der Waals surface area contributed by atoms with Crippen LogP contribution in [0.2, 0.25) is 5.02 Å². The van der Waals surface area contributed by atoms with Crippen LogP contribution < -0.4 is 19.2 Å². The van der Waals surface area contributed by atoms with Crippen molar-refractivity contribution in [1.82, 2.24) is 0 Å². The molecule has 1 fully saturated rings. The number of rotatable bonds is 8. The van der Waals surface area contributed by atoms with Crippen LogP contribution in [0.15, 0.2) is 101 Å². The first-order valence-corrected chi connectivity index (χ1v) is 18.0. The van der Waals surface area contributed by atoms with Gasteiger partial charge in [0.05, 0.1) is 27.0 Å². The topological polar surface area (TPSA) is 116 Å². The highest BCUT2D eigenvalue weighted by Gasteiger charge is 2.36. The average Bonchev–Trinajstić information content (AvgIpc) is 3.39. The van der Waals surface area contributed by atoms with Crippen molar-refractivity contribution < 1.29 is 21.6 Å². The summed E-state index contributed by atoms with van der Waals surface area (Å²) in [5, 5.41) is 3.02. The maximum absolute atomic E-state index is 13.8. The average molecular weight is 665 g/mol. The Balaban J connectivity index is 1.30. The van der Waals surface area contributed by atoms with Crippen LogP contribution >= 0.6 is 11.6 Å². The number of para-hydroxylation sites is 2. The minimum atomic E-state index is -4.12. The van der Waals surface area contributed by atoms with Crippen LogP contribution in [0.4, 0.5) is 22.7 Å². The highest BCUT2D eigenvalue weighted by molar-refractivity contribution is 7.93. The molecular weight excluding hydrogens is 632 g/mol. The van der Waals surface area contributed by atoms with Crippen molar-refractivity contribution in [3.8, 4) is 0 Å². The molecule has 1 saturated heterocycles. The van der Waals surface area contributed by atoms with Crippen molar-refractivity contribution in [2.24, 2.45) is 0 Å². The second-order valence-electron chi connectivity index (χ2n) is 11.3. The molecule has 1 unspecified atom stereocenters. The van der Waals surface area contributed by atoms with Gasteiger partial charge >= 0.3 is 0 Å². The summed E-state index contributed by atoms with van der Waals surface area (Å²) in [6.07, 6.45) is 3.55. The number of benzene rings is 4. The SMILES string of the molecule is CC1Cc2ccccc2N1S(=O)(=O)c1cccc(C(=O)Nc2ccc(N3CCCCC3)c(S(=O)(=O)Nc3ccccc3Cl)c2)c1. The molecule has 2 N–H and O–H groups in total. The minimum absolute atomic E-state index is 0.000125. The summed E-state index contributed by atoms with van der Waals surface area (Å²) in [5.74, 6) is -0.574. The number of hydrogen-bond acceptors (Lipinski definition) is 6. The number of piperidine rings is 1. The highest BCUT2D eigenvalue weighted by Crippen LogP contribution is 2.37. The lowest BCUT2D eigenvalue weighted by atomic mass is 10.1. The number of anilines is 4. The lowest BCUT2D eigenvalue weighted by Gasteiger charge is -2.30. The maximum Gasteiger partial charge on any atom is 0.264 e. The van der Waals surface area contributed by atoms with E-state index in [2.05, 4.69) is 10.0 Å². The van der Waals surface area contributed by atoms with E-state index < -0.39 is 26.0 Å². The number of nitrogens with one attached hydrogen (secondary N) is 2. The van der Waals surface area contributed by atoms with Gasteiger partial charge in [-0.15, -0.1) is 0 Å². The molecular formula is C33H33ClN4O5S2. The van der Waals surface area contributed by atoms with Crippen LogP contribution in [0, 0.1) is 0 Å². The number of halogens is 1. The van der Waals surface area contributed by atoms with Gasteiger partial charge < -0.3 is 10.2 Å². The second-order valence-corrected chi connectivity index (χ2v) is 15.2. The van der Waals surface area contributed by atoms with Gasteiger partial charge in [-0.25, -0.2) is 16.8 Å². The number of carbonyl (C=O) groups excluding carboxylic acids is 1. The number of amides is 1. The van der Waals surface area contributed by atoms with Crippen LogP contribution in [0.5, 0.6) is 0 Å². The molecule has 2 aliphatic rings. The smallest absolute Gasteiger partial charge is 0.264 e. The third-order valence-electron chi connectivity index (χ3n) is 8.12. The minimum Gasteiger partial charge on any atom is -0.370 e. The molecule has 4 aromatic carbocycles. The van der Waals surface area contributed by atoms with E-state index in [-0.39, 0.29) is 37.8 Å². The molecule has 12 heteroatoms. The molecule has 234 valence electrons. The van der Waals surface area contributed by atoms with Gasteiger partial charge in [0, 0.05) is 30.4 Å². The summed E-state index contributed by atoms with van der Waals surface area (Å²) in [6, 6.07) is 24.3. The van der Waals surface area contributed by atoms with Gasteiger partial charge in [0.15, 0.2) is 0 Å². The van der Waals surface area contributed by atoms with Crippen molar-refractivity contribution in [3.63, 3.8) is 0 Å². The molecule has 2 heterocycles. The standard InChI is InChI=1S/C33H33ClN4O5S2/c1-23-20-24-10-3-6-15-30(24)38(23)45(42,43)27-12-9-11-25(21-27)33(39)35-26-16-17-31(37-18-7-2-8-19-37)32(22-26)44(40,41)36-29-14-5-4-13-28(29)34/h3-6,9-17,21-23,36H,2,7-8,18-20H2,1H3,(H,35,39). The fraction of sp³-hybridized carbons (Fsp3) is 0.242. The number of fused-ring (bicyclic) bond motifs is 1. The van der Waals surface area contributed by atoms with Crippen LogP contribution in [-0.2, 0) is 26.5 Å². The van der Waals surface area contributed by atoms with Gasteiger partial charge in [-0.05, 0) is 92.8 Å². The number of hydrogen-bond donors (Lipinski definition) is 2. The molecule has 45 heavy (non-hydrogen) atoms. The first-order chi connectivity index (χ1) is 21.5. The van der Waals surface area contributed by atoms with E-state index in [1.807, 2.05) is 24.0 Å². The fourth-order valence-electron chi connectivity index (χ4n) is 5.96. The van der Waals surface area contributed by atoms with Gasteiger partial charge in [-0.3, -0.25) is 13.8 Å². The number of carbonyl (C=O) groups is 1. The van der Waals surface area contributed by atoms with E-state index in [0.29, 0.717) is 30.9 Å². The molecule has 0 aromatic heterocycles. The van der Waals surface area contributed by atoms with E-state index in [1.165, 1.54) is 34.6 Å². The van der Waals surface area contributed by atoms with Crippen molar-refractivity contribution in [1.29, 1.82) is 0 Å². The van der Waals surface area contributed by atoms with E-state index >= 15 is 0 Å². The molecule has 9 nitrogen and oxygen atoms in total. The summed E-state index contributed by atoms with van der Waals surface area (Å²) in [4.78, 5) is 15.5. The van der Waals surface area contributed by atoms with Gasteiger partial charge in [-0.2, -0.15) is 0 Å². The van der Waals surface area contributed by atoms with Crippen LogP contribution in [0.3, 0.4) is 0 Å². The Morgan fingerprint density at radius 2 is 1.56 bits per heavy atom. The molecule has 6 rings (SSSR count). The fourth-order valence-corrected chi connectivity index (χ4v) is 9.27. The summed E-state index contributed by atoms with van der Waals surface area (Å²) in [6.45, 7) is 3.28. The van der Waals surface area contributed by atoms with Crippen LogP contribution in [0.1, 0.15) is 42.1 Å². The molecule has 1 atom stereocenters. The van der Waals surface area contributed by atoms with Gasteiger partial charge in [0.25, 0.3) is 26.0 Å². The van der Waals surface area contributed by atoms with E-state index in [4.69, 9.17) is 11.6 Å². The Morgan fingerprint density at radius 3 is 2.33 bits per heavy atom. The molecule has 0 radical (unpaired) electrons. The van der Waals surface area contributed by atoms with Gasteiger partial charge in [0.1, 0.15) is 4.90 Å². The van der Waals surface area contributed by atoms with E-state index in [1.54, 1.807) is 48.5 Å². The normalized spacial score (nSPS) is 16.7. The largest absolute Gasteiger partial charge is 0.370 e. The molecule has 0 saturated carbocycles. The summed E-state index contributed by atoms with van der Waals surface area (Å²) in [5.41, 5.74) is 2.72. The molecule has 4 aromatic rings.